The molecule has 26 heavy (non-hydrogen) atoms. The Morgan fingerprint density at radius 1 is 1.35 bits per heavy atom. The van der Waals surface area contributed by atoms with Crippen molar-refractivity contribution in [3.05, 3.63) is 22.4 Å². The number of guanidine groups is 1. The molecule has 1 aromatic rings. The van der Waals surface area contributed by atoms with Crippen molar-refractivity contribution in [2.45, 2.75) is 46.5 Å². The van der Waals surface area contributed by atoms with E-state index in [1.54, 1.807) is 0 Å². The summed E-state index contributed by atoms with van der Waals surface area (Å²) in [5.41, 5.74) is 0. The first-order valence-electron chi connectivity index (χ1n) is 9.86. The zero-order chi connectivity index (χ0) is 18.1. The van der Waals surface area contributed by atoms with E-state index in [1.807, 2.05) is 11.3 Å². The van der Waals surface area contributed by atoms with Crippen molar-refractivity contribution < 1.29 is 0 Å². The number of aliphatic imine (C=N–C) groups is 1. The fourth-order valence-corrected chi connectivity index (χ4v) is 4.25. The smallest absolute Gasteiger partial charge is 0.191 e. The number of piperidine rings is 1. The predicted molar refractivity (Wildman–Crippen MR) is 126 cm³/mol. The Morgan fingerprint density at radius 2 is 2.15 bits per heavy atom. The zero-order valence-corrected chi connectivity index (χ0v) is 20.0. The summed E-state index contributed by atoms with van der Waals surface area (Å²) in [6, 6.07) is 4.33. The molecule has 1 aliphatic heterocycles. The first-order chi connectivity index (χ1) is 12.1. The lowest BCUT2D eigenvalue weighted by molar-refractivity contribution is 0.159. The third-order valence-electron chi connectivity index (χ3n) is 4.68. The van der Waals surface area contributed by atoms with Gasteiger partial charge in [0.2, 0.25) is 0 Å². The first kappa shape index (κ1) is 23.7. The molecule has 0 spiro atoms. The van der Waals surface area contributed by atoms with Crippen molar-refractivity contribution in [2.24, 2.45) is 16.8 Å². The van der Waals surface area contributed by atoms with Gasteiger partial charge in [0.1, 0.15) is 0 Å². The maximum absolute atomic E-state index is 4.81. The summed E-state index contributed by atoms with van der Waals surface area (Å²) < 4.78 is 0. The summed E-state index contributed by atoms with van der Waals surface area (Å²) in [5, 5.41) is 9.12. The van der Waals surface area contributed by atoms with E-state index in [1.165, 1.54) is 37.4 Å². The van der Waals surface area contributed by atoms with E-state index in [-0.39, 0.29) is 24.0 Å². The minimum Gasteiger partial charge on any atom is -0.357 e. The molecular formula is C20H37IN4S. The van der Waals surface area contributed by atoms with Crippen LogP contribution in [-0.2, 0) is 0 Å². The summed E-state index contributed by atoms with van der Waals surface area (Å²) in [5.74, 6) is 2.92. The SMILES string of the molecule is CCNC(=NCC(C)c1cccs1)NCC1CCCN(CC(C)C)C1.I. The second-order valence-corrected chi connectivity index (χ2v) is 8.66. The molecule has 0 amide bonds. The summed E-state index contributed by atoms with van der Waals surface area (Å²) in [6.45, 7) is 15.5. The van der Waals surface area contributed by atoms with Crippen LogP contribution in [0.25, 0.3) is 0 Å². The van der Waals surface area contributed by atoms with E-state index in [0.29, 0.717) is 5.92 Å². The molecule has 2 N–H and O–H groups in total. The molecule has 0 aromatic carbocycles. The Hall–Kier alpha value is -0.340. The molecule has 4 nitrogen and oxygen atoms in total. The van der Waals surface area contributed by atoms with Gasteiger partial charge in [0.05, 0.1) is 6.54 Å². The Kier molecular flexibility index (Phi) is 11.8. The molecule has 0 saturated carbocycles. The van der Waals surface area contributed by atoms with Gasteiger partial charge in [-0.25, -0.2) is 0 Å². The van der Waals surface area contributed by atoms with Gasteiger partial charge in [0.15, 0.2) is 5.96 Å². The minimum absolute atomic E-state index is 0. The van der Waals surface area contributed by atoms with Gasteiger partial charge >= 0.3 is 0 Å². The Bertz CT molecular complexity index is 504. The number of hydrogen-bond acceptors (Lipinski definition) is 3. The van der Waals surface area contributed by atoms with Crippen LogP contribution in [0.4, 0.5) is 0 Å². The number of likely N-dealkylation sites (tertiary alicyclic amines) is 1. The summed E-state index contributed by atoms with van der Waals surface area (Å²) in [6.07, 6.45) is 2.65. The predicted octanol–water partition coefficient (Wildman–Crippen LogP) is 4.39. The Morgan fingerprint density at radius 3 is 2.81 bits per heavy atom. The van der Waals surface area contributed by atoms with Crippen LogP contribution in [0.3, 0.4) is 0 Å². The molecule has 1 saturated heterocycles. The molecule has 0 aliphatic carbocycles. The maximum atomic E-state index is 4.81. The highest BCUT2D eigenvalue weighted by Gasteiger charge is 2.20. The van der Waals surface area contributed by atoms with Crippen LogP contribution in [0.2, 0.25) is 0 Å². The van der Waals surface area contributed by atoms with Gasteiger partial charge < -0.3 is 15.5 Å². The largest absolute Gasteiger partial charge is 0.357 e. The second kappa shape index (κ2) is 12.9. The van der Waals surface area contributed by atoms with Gasteiger partial charge in [0, 0.05) is 37.0 Å². The second-order valence-electron chi connectivity index (χ2n) is 7.68. The highest BCUT2D eigenvalue weighted by atomic mass is 127. The van der Waals surface area contributed by atoms with Crippen LogP contribution >= 0.6 is 35.3 Å². The van der Waals surface area contributed by atoms with Gasteiger partial charge in [-0.15, -0.1) is 35.3 Å². The molecule has 1 aliphatic rings. The fourth-order valence-electron chi connectivity index (χ4n) is 3.47. The maximum Gasteiger partial charge on any atom is 0.191 e. The zero-order valence-electron chi connectivity index (χ0n) is 16.8. The Balaban J connectivity index is 0.00000338. The monoisotopic (exact) mass is 492 g/mol. The summed E-state index contributed by atoms with van der Waals surface area (Å²) in [7, 11) is 0. The number of nitrogens with one attached hydrogen (secondary N) is 2. The van der Waals surface area contributed by atoms with E-state index >= 15 is 0 Å². The van der Waals surface area contributed by atoms with Crippen molar-refractivity contribution >= 4 is 41.3 Å². The van der Waals surface area contributed by atoms with Gasteiger partial charge in [-0.3, -0.25) is 4.99 Å². The summed E-state index contributed by atoms with van der Waals surface area (Å²) >= 11 is 1.82. The van der Waals surface area contributed by atoms with E-state index in [2.05, 4.69) is 60.7 Å². The number of rotatable bonds is 8. The van der Waals surface area contributed by atoms with E-state index in [4.69, 9.17) is 4.99 Å². The van der Waals surface area contributed by atoms with Crippen LogP contribution in [-0.4, -0.2) is 50.1 Å². The average molecular weight is 493 g/mol. The molecule has 2 rings (SSSR count). The number of nitrogens with zero attached hydrogens (tertiary/aromatic N) is 2. The van der Waals surface area contributed by atoms with Crippen molar-refractivity contribution in [2.75, 3.05) is 39.3 Å². The highest BCUT2D eigenvalue weighted by Crippen LogP contribution is 2.20. The molecular weight excluding hydrogens is 455 g/mol. The van der Waals surface area contributed by atoms with Crippen molar-refractivity contribution in [1.29, 1.82) is 0 Å². The minimum atomic E-state index is 0. The number of halogens is 1. The quantitative estimate of drug-likeness (QED) is 0.321. The van der Waals surface area contributed by atoms with Crippen molar-refractivity contribution in [3.8, 4) is 0 Å². The van der Waals surface area contributed by atoms with Crippen LogP contribution in [0.5, 0.6) is 0 Å². The van der Waals surface area contributed by atoms with Crippen molar-refractivity contribution in [3.63, 3.8) is 0 Å². The van der Waals surface area contributed by atoms with Gasteiger partial charge in [-0.2, -0.15) is 0 Å². The number of thiophene rings is 1. The molecule has 1 fully saturated rings. The average Bonchev–Trinajstić information content (AvgIpc) is 3.11. The fraction of sp³-hybridized carbons (Fsp3) is 0.750. The van der Waals surface area contributed by atoms with Gasteiger partial charge in [0.25, 0.3) is 0 Å². The van der Waals surface area contributed by atoms with E-state index in [9.17, 15) is 0 Å². The normalized spacial score (nSPS) is 19.9. The van der Waals surface area contributed by atoms with Gasteiger partial charge in [-0.05, 0) is 49.6 Å². The molecule has 2 unspecified atom stereocenters. The van der Waals surface area contributed by atoms with E-state index in [0.717, 1.165) is 37.4 Å². The Labute approximate surface area is 181 Å². The number of hydrogen-bond donors (Lipinski definition) is 2. The van der Waals surface area contributed by atoms with Crippen LogP contribution in [0.15, 0.2) is 22.5 Å². The third-order valence-corrected chi connectivity index (χ3v) is 5.78. The lowest BCUT2D eigenvalue weighted by Crippen LogP contribution is -2.45. The lowest BCUT2D eigenvalue weighted by Gasteiger charge is -2.34. The van der Waals surface area contributed by atoms with Crippen LogP contribution in [0, 0.1) is 11.8 Å². The van der Waals surface area contributed by atoms with Crippen LogP contribution < -0.4 is 10.6 Å². The molecule has 6 heteroatoms. The molecule has 1 aromatic heterocycles. The van der Waals surface area contributed by atoms with E-state index < -0.39 is 0 Å². The molecule has 2 heterocycles. The molecule has 0 bridgehead atoms. The van der Waals surface area contributed by atoms with Crippen LogP contribution in [0.1, 0.15) is 51.3 Å². The summed E-state index contributed by atoms with van der Waals surface area (Å²) in [4.78, 5) is 8.85. The molecule has 0 radical (unpaired) electrons. The topological polar surface area (TPSA) is 39.7 Å². The standard InChI is InChI=1S/C20H36N4S.HI/c1-5-21-20(22-12-17(4)19-9-7-11-25-19)23-13-18-8-6-10-24(15-18)14-16(2)3;/h7,9,11,16-18H,5-6,8,10,12-15H2,1-4H3,(H2,21,22,23);1H. The highest BCUT2D eigenvalue weighted by molar-refractivity contribution is 14.0. The molecule has 2 atom stereocenters. The third kappa shape index (κ3) is 8.57. The first-order valence-corrected chi connectivity index (χ1v) is 10.7. The lowest BCUT2D eigenvalue weighted by atomic mass is 9.97. The van der Waals surface area contributed by atoms with Gasteiger partial charge in [-0.1, -0.05) is 26.8 Å². The molecule has 150 valence electrons. The van der Waals surface area contributed by atoms with Crippen molar-refractivity contribution in [1.82, 2.24) is 15.5 Å².